The minimum absolute atomic E-state index is 0.0483. The van der Waals surface area contributed by atoms with Crippen LogP contribution in [-0.2, 0) is 11.3 Å². The molecule has 0 spiro atoms. The Kier molecular flexibility index (Phi) is 6.27. The van der Waals surface area contributed by atoms with Crippen molar-refractivity contribution >= 4 is 5.91 Å². The molecular formula is C20H31N3O. The monoisotopic (exact) mass is 329 g/mol. The normalized spacial score (nSPS) is 24.0. The lowest BCUT2D eigenvalue weighted by Gasteiger charge is -2.25. The van der Waals surface area contributed by atoms with Crippen molar-refractivity contribution in [1.82, 2.24) is 10.2 Å². The van der Waals surface area contributed by atoms with E-state index in [1.807, 2.05) is 6.07 Å². The van der Waals surface area contributed by atoms with Gasteiger partial charge in [0.2, 0.25) is 5.91 Å². The van der Waals surface area contributed by atoms with Crippen molar-refractivity contribution in [1.29, 1.82) is 0 Å². The second-order valence-electron chi connectivity index (χ2n) is 7.56. The first-order valence-electron chi connectivity index (χ1n) is 9.53. The van der Waals surface area contributed by atoms with Crippen LogP contribution in [0.2, 0.25) is 0 Å². The van der Waals surface area contributed by atoms with E-state index in [9.17, 15) is 4.79 Å². The lowest BCUT2D eigenvalue weighted by atomic mass is 9.85. The van der Waals surface area contributed by atoms with Crippen LogP contribution in [0.4, 0.5) is 0 Å². The van der Waals surface area contributed by atoms with Crippen LogP contribution in [-0.4, -0.2) is 36.0 Å². The number of carbonyl (C=O) groups is 1. The van der Waals surface area contributed by atoms with Gasteiger partial charge >= 0.3 is 0 Å². The first-order chi connectivity index (χ1) is 11.7. The summed E-state index contributed by atoms with van der Waals surface area (Å²) in [6.45, 7) is 2.93. The van der Waals surface area contributed by atoms with Crippen molar-refractivity contribution in [3.63, 3.8) is 0 Å². The summed E-state index contributed by atoms with van der Waals surface area (Å²) in [6.07, 6.45) is 8.31. The number of nitrogens with zero attached hydrogens (tertiary/aromatic N) is 1. The fourth-order valence-corrected chi connectivity index (χ4v) is 4.13. The van der Waals surface area contributed by atoms with E-state index < -0.39 is 0 Å². The Morgan fingerprint density at radius 2 is 1.92 bits per heavy atom. The number of amides is 1. The van der Waals surface area contributed by atoms with Crippen LogP contribution in [0.3, 0.4) is 0 Å². The zero-order valence-electron chi connectivity index (χ0n) is 14.6. The molecule has 24 heavy (non-hydrogen) atoms. The zero-order chi connectivity index (χ0) is 16.8. The largest absolute Gasteiger partial charge is 0.351 e. The highest BCUT2D eigenvalue weighted by atomic mass is 16.2. The van der Waals surface area contributed by atoms with Gasteiger partial charge in [0, 0.05) is 25.7 Å². The van der Waals surface area contributed by atoms with Crippen LogP contribution < -0.4 is 11.1 Å². The predicted octanol–water partition coefficient (Wildman–Crippen LogP) is 2.67. The molecule has 1 heterocycles. The lowest BCUT2D eigenvalue weighted by Crippen LogP contribution is -2.47. The Morgan fingerprint density at radius 1 is 1.17 bits per heavy atom. The van der Waals surface area contributed by atoms with Gasteiger partial charge in [-0.15, -0.1) is 0 Å². The van der Waals surface area contributed by atoms with Gasteiger partial charge in [-0.3, -0.25) is 9.69 Å². The van der Waals surface area contributed by atoms with Gasteiger partial charge in [0.15, 0.2) is 0 Å². The molecular weight excluding hydrogens is 298 g/mol. The van der Waals surface area contributed by atoms with E-state index >= 15 is 0 Å². The van der Waals surface area contributed by atoms with E-state index in [1.165, 1.54) is 37.7 Å². The zero-order valence-corrected chi connectivity index (χ0v) is 14.6. The lowest BCUT2D eigenvalue weighted by molar-refractivity contribution is -0.123. The Bertz CT molecular complexity index is 513. The topological polar surface area (TPSA) is 58.4 Å². The molecule has 1 aromatic rings. The van der Waals surface area contributed by atoms with Crippen LogP contribution in [0.5, 0.6) is 0 Å². The van der Waals surface area contributed by atoms with Crippen molar-refractivity contribution in [2.75, 3.05) is 13.1 Å². The van der Waals surface area contributed by atoms with Gasteiger partial charge in [0.1, 0.15) is 0 Å². The molecule has 2 atom stereocenters. The summed E-state index contributed by atoms with van der Waals surface area (Å²) in [5, 5.41) is 3.18. The molecule has 1 saturated heterocycles. The summed E-state index contributed by atoms with van der Waals surface area (Å²) in [5.41, 5.74) is 7.49. The molecule has 1 aliphatic carbocycles. The summed E-state index contributed by atoms with van der Waals surface area (Å²) in [6, 6.07) is 10.4. The van der Waals surface area contributed by atoms with Gasteiger partial charge < -0.3 is 11.1 Å². The second-order valence-corrected chi connectivity index (χ2v) is 7.56. The van der Waals surface area contributed by atoms with E-state index in [2.05, 4.69) is 34.5 Å². The van der Waals surface area contributed by atoms with E-state index in [-0.39, 0.29) is 18.0 Å². The van der Waals surface area contributed by atoms with Gasteiger partial charge in [-0.1, -0.05) is 62.4 Å². The fourth-order valence-electron chi connectivity index (χ4n) is 4.13. The molecule has 132 valence electrons. The number of rotatable bonds is 6. The van der Waals surface area contributed by atoms with E-state index in [1.54, 1.807) is 0 Å². The van der Waals surface area contributed by atoms with E-state index in [0.717, 1.165) is 32.5 Å². The SMILES string of the molecule is NC(CC1CCCCC1)C(=O)NC1CCN(Cc2ccccc2)C1. The molecule has 1 saturated carbocycles. The van der Waals surface area contributed by atoms with Crippen LogP contribution in [0.15, 0.2) is 30.3 Å². The van der Waals surface area contributed by atoms with E-state index in [4.69, 9.17) is 5.73 Å². The molecule has 2 fully saturated rings. The van der Waals surface area contributed by atoms with Crippen LogP contribution in [0, 0.1) is 5.92 Å². The molecule has 3 N–H and O–H groups in total. The molecule has 2 unspecified atom stereocenters. The van der Waals surface area contributed by atoms with Crippen LogP contribution >= 0.6 is 0 Å². The van der Waals surface area contributed by atoms with Crippen LogP contribution in [0.25, 0.3) is 0 Å². The molecule has 0 bridgehead atoms. The third kappa shape index (κ3) is 5.05. The standard InChI is InChI=1S/C20H31N3O/c21-19(13-16-7-3-1-4-8-16)20(24)22-18-11-12-23(15-18)14-17-9-5-2-6-10-17/h2,5-6,9-10,16,18-19H,1,3-4,7-8,11-15,21H2,(H,22,24). The molecule has 1 aromatic carbocycles. The summed E-state index contributed by atoms with van der Waals surface area (Å²) in [4.78, 5) is 14.8. The van der Waals surface area contributed by atoms with Crippen LogP contribution in [0.1, 0.15) is 50.5 Å². The van der Waals surface area contributed by atoms with Crippen molar-refractivity contribution in [3.05, 3.63) is 35.9 Å². The Hall–Kier alpha value is -1.39. The number of likely N-dealkylation sites (tertiary alicyclic amines) is 1. The Morgan fingerprint density at radius 3 is 2.67 bits per heavy atom. The maximum atomic E-state index is 12.4. The van der Waals surface area contributed by atoms with Gasteiger partial charge in [0.25, 0.3) is 0 Å². The highest BCUT2D eigenvalue weighted by Crippen LogP contribution is 2.27. The molecule has 3 rings (SSSR count). The maximum absolute atomic E-state index is 12.4. The van der Waals surface area contributed by atoms with Crippen molar-refractivity contribution in [3.8, 4) is 0 Å². The third-order valence-corrected chi connectivity index (χ3v) is 5.52. The highest BCUT2D eigenvalue weighted by Gasteiger charge is 2.27. The van der Waals surface area contributed by atoms with Gasteiger partial charge in [-0.05, 0) is 24.3 Å². The Balaban J connectivity index is 1.40. The first-order valence-corrected chi connectivity index (χ1v) is 9.53. The molecule has 0 radical (unpaired) electrons. The van der Waals surface area contributed by atoms with Crippen molar-refractivity contribution in [2.24, 2.45) is 11.7 Å². The molecule has 4 nitrogen and oxygen atoms in total. The smallest absolute Gasteiger partial charge is 0.237 e. The van der Waals surface area contributed by atoms with Gasteiger partial charge in [-0.25, -0.2) is 0 Å². The van der Waals surface area contributed by atoms with E-state index in [0.29, 0.717) is 5.92 Å². The first kappa shape index (κ1) is 17.4. The number of carbonyl (C=O) groups excluding carboxylic acids is 1. The summed E-state index contributed by atoms with van der Waals surface area (Å²) in [7, 11) is 0. The number of hydrogen-bond acceptors (Lipinski definition) is 3. The summed E-state index contributed by atoms with van der Waals surface area (Å²) < 4.78 is 0. The second kappa shape index (κ2) is 8.63. The average Bonchev–Trinajstić information content (AvgIpc) is 3.03. The van der Waals surface area contributed by atoms with Crippen molar-refractivity contribution in [2.45, 2.75) is 63.6 Å². The summed E-state index contributed by atoms with van der Waals surface area (Å²) in [5.74, 6) is 0.699. The summed E-state index contributed by atoms with van der Waals surface area (Å²) >= 11 is 0. The number of benzene rings is 1. The molecule has 1 amide bonds. The highest BCUT2D eigenvalue weighted by molar-refractivity contribution is 5.81. The Labute approximate surface area is 145 Å². The number of hydrogen-bond donors (Lipinski definition) is 2. The number of nitrogens with one attached hydrogen (secondary N) is 1. The average molecular weight is 329 g/mol. The quantitative estimate of drug-likeness (QED) is 0.843. The van der Waals surface area contributed by atoms with Crippen molar-refractivity contribution < 1.29 is 4.79 Å². The minimum atomic E-state index is -0.337. The minimum Gasteiger partial charge on any atom is -0.351 e. The predicted molar refractivity (Wildman–Crippen MR) is 97.4 cm³/mol. The third-order valence-electron chi connectivity index (χ3n) is 5.52. The number of nitrogens with two attached hydrogens (primary N) is 1. The molecule has 1 aliphatic heterocycles. The molecule has 4 heteroatoms. The van der Waals surface area contributed by atoms with Gasteiger partial charge in [0.05, 0.1) is 6.04 Å². The van der Waals surface area contributed by atoms with Gasteiger partial charge in [-0.2, -0.15) is 0 Å². The fraction of sp³-hybridized carbons (Fsp3) is 0.650. The maximum Gasteiger partial charge on any atom is 0.237 e. The molecule has 0 aromatic heterocycles. The molecule has 2 aliphatic rings.